The Morgan fingerprint density at radius 3 is 2.55 bits per heavy atom. The van der Waals surface area contributed by atoms with Crippen LogP contribution in [-0.2, 0) is 23.9 Å². The van der Waals surface area contributed by atoms with E-state index in [4.69, 9.17) is 9.47 Å². The van der Waals surface area contributed by atoms with Crippen molar-refractivity contribution in [2.45, 2.75) is 76.8 Å². The third-order valence-electron chi connectivity index (χ3n) is 7.78. The molecule has 7 atom stereocenters. The average Bonchev–Trinajstić information content (AvgIpc) is 3.27. The summed E-state index contributed by atoms with van der Waals surface area (Å²) < 4.78 is 12.1. The molecule has 3 heterocycles. The van der Waals surface area contributed by atoms with Crippen LogP contribution in [-0.4, -0.2) is 81.8 Å². The molecule has 0 aromatic carbocycles. The number of ether oxygens (including phenoxy) is 2. The van der Waals surface area contributed by atoms with Crippen LogP contribution in [0.25, 0.3) is 0 Å². The van der Waals surface area contributed by atoms with E-state index < -0.39 is 41.1 Å². The Morgan fingerprint density at radius 1 is 1.33 bits per heavy atom. The fourth-order valence-corrected chi connectivity index (χ4v) is 6.06. The molecule has 3 unspecified atom stereocenters. The van der Waals surface area contributed by atoms with Gasteiger partial charge in [-0.15, -0.1) is 13.2 Å². The monoisotopic (exact) mass is 462 g/mol. The molecule has 3 fully saturated rings. The van der Waals surface area contributed by atoms with Gasteiger partial charge in [0.15, 0.2) is 0 Å². The molecule has 33 heavy (non-hydrogen) atoms. The van der Waals surface area contributed by atoms with Crippen LogP contribution >= 0.6 is 0 Å². The molecule has 8 nitrogen and oxygen atoms in total. The molecule has 1 spiro atoms. The minimum absolute atomic E-state index is 0.0647. The number of amides is 2. The van der Waals surface area contributed by atoms with Crippen molar-refractivity contribution in [1.82, 2.24) is 9.80 Å². The molecule has 1 N–H and O–H groups in total. The zero-order chi connectivity index (χ0) is 24.7. The summed E-state index contributed by atoms with van der Waals surface area (Å²) in [5, 5.41) is 9.94. The summed E-state index contributed by atoms with van der Waals surface area (Å²) >= 11 is 0. The number of nitrogens with zero attached hydrogens (tertiary/aromatic N) is 2. The second kappa shape index (κ2) is 9.22. The molecule has 0 saturated carbocycles. The number of carbonyl (C=O) groups is 3. The van der Waals surface area contributed by atoms with Gasteiger partial charge in [0.05, 0.1) is 30.8 Å². The topological polar surface area (TPSA) is 96.4 Å². The number of aliphatic hydroxyl groups excluding tert-OH is 1. The molecule has 0 aromatic rings. The van der Waals surface area contributed by atoms with Crippen LogP contribution in [0.3, 0.4) is 0 Å². The van der Waals surface area contributed by atoms with Crippen LogP contribution in [0, 0.1) is 17.8 Å². The fourth-order valence-electron chi connectivity index (χ4n) is 6.06. The number of rotatable bonds is 10. The summed E-state index contributed by atoms with van der Waals surface area (Å²) in [5.74, 6) is -2.79. The van der Waals surface area contributed by atoms with Crippen molar-refractivity contribution in [2.24, 2.45) is 17.8 Å². The van der Waals surface area contributed by atoms with E-state index >= 15 is 0 Å². The van der Waals surface area contributed by atoms with E-state index in [9.17, 15) is 19.5 Å². The van der Waals surface area contributed by atoms with E-state index in [0.29, 0.717) is 19.4 Å². The summed E-state index contributed by atoms with van der Waals surface area (Å²) in [6.45, 7) is 17.0. The maximum atomic E-state index is 14.0. The summed E-state index contributed by atoms with van der Waals surface area (Å²) in [6.07, 6.45) is 4.30. The fraction of sp³-hybridized carbons (Fsp3) is 0.720. The Balaban J connectivity index is 2.10. The maximum Gasteiger partial charge on any atom is 0.312 e. The van der Waals surface area contributed by atoms with Crippen molar-refractivity contribution in [1.29, 1.82) is 0 Å². The highest BCUT2D eigenvalue weighted by molar-refractivity contribution is 5.98. The molecule has 8 heteroatoms. The minimum atomic E-state index is -1.15. The molecule has 3 saturated heterocycles. The first-order valence-corrected chi connectivity index (χ1v) is 11.8. The van der Waals surface area contributed by atoms with Gasteiger partial charge in [-0.2, -0.15) is 0 Å². The van der Waals surface area contributed by atoms with Gasteiger partial charge in [0.1, 0.15) is 17.6 Å². The largest absolute Gasteiger partial charge is 0.465 e. The van der Waals surface area contributed by atoms with Gasteiger partial charge in [0, 0.05) is 12.6 Å². The van der Waals surface area contributed by atoms with Crippen LogP contribution in [0.2, 0.25) is 0 Å². The number of fused-ring (bicyclic) bond motifs is 1. The lowest BCUT2D eigenvalue weighted by Crippen LogP contribution is -2.59. The van der Waals surface area contributed by atoms with Gasteiger partial charge in [-0.3, -0.25) is 14.4 Å². The van der Waals surface area contributed by atoms with E-state index in [1.165, 1.54) is 4.90 Å². The zero-order valence-corrected chi connectivity index (χ0v) is 20.5. The van der Waals surface area contributed by atoms with Crippen LogP contribution in [0.15, 0.2) is 25.3 Å². The molecular weight excluding hydrogens is 424 g/mol. The lowest BCUT2D eigenvalue weighted by Gasteiger charge is -2.39. The van der Waals surface area contributed by atoms with E-state index in [-0.39, 0.29) is 37.0 Å². The second-order valence-corrected chi connectivity index (χ2v) is 10.1. The number of hydrogen-bond acceptors (Lipinski definition) is 6. The van der Waals surface area contributed by atoms with Crippen LogP contribution < -0.4 is 0 Å². The highest BCUT2D eigenvalue weighted by Crippen LogP contribution is 2.65. The van der Waals surface area contributed by atoms with E-state index in [1.54, 1.807) is 24.0 Å². The van der Waals surface area contributed by atoms with Gasteiger partial charge in [0.2, 0.25) is 11.8 Å². The third-order valence-corrected chi connectivity index (χ3v) is 7.78. The number of aliphatic hydroxyl groups is 1. The first-order valence-electron chi connectivity index (χ1n) is 11.8. The Labute approximate surface area is 196 Å². The highest BCUT2D eigenvalue weighted by Gasteiger charge is 2.80. The Kier molecular flexibility index (Phi) is 7.10. The van der Waals surface area contributed by atoms with Gasteiger partial charge in [0.25, 0.3) is 0 Å². The van der Waals surface area contributed by atoms with Gasteiger partial charge >= 0.3 is 5.97 Å². The summed E-state index contributed by atoms with van der Waals surface area (Å²) in [7, 11) is 0. The van der Waals surface area contributed by atoms with Gasteiger partial charge in [-0.05, 0) is 46.5 Å². The highest BCUT2D eigenvalue weighted by atomic mass is 16.6. The maximum absolute atomic E-state index is 14.0. The number of hydrogen-bond donors (Lipinski definition) is 1. The predicted molar refractivity (Wildman–Crippen MR) is 123 cm³/mol. The van der Waals surface area contributed by atoms with Crippen molar-refractivity contribution >= 4 is 17.8 Å². The molecule has 3 aliphatic rings. The van der Waals surface area contributed by atoms with Gasteiger partial charge in [-0.25, -0.2) is 0 Å². The molecule has 0 radical (unpaired) electrons. The van der Waals surface area contributed by atoms with Crippen molar-refractivity contribution in [3.8, 4) is 0 Å². The normalized spacial score (nSPS) is 35.5. The number of carbonyl (C=O) groups excluding carboxylic acids is 3. The molecule has 184 valence electrons. The smallest absolute Gasteiger partial charge is 0.312 e. The summed E-state index contributed by atoms with van der Waals surface area (Å²) in [6, 6.07) is -1.67. The Bertz CT molecular complexity index is 828. The number of likely N-dealkylation sites (tertiary alicyclic amines) is 1. The summed E-state index contributed by atoms with van der Waals surface area (Å²) in [5.41, 5.74) is -2.07. The van der Waals surface area contributed by atoms with E-state index in [1.807, 2.05) is 27.7 Å². The minimum Gasteiger partial charge on any atom is -0.465 e. The Morgan fingerprint density at radius 2 is 2.00 bits per heavy atom. The second-order valence-electron chi connectivity index (χ2n) is 10.1. The first kappa shape index (κ1) is 25.4. The van der Waals surface area contributed by atoms with Crippen LogP contribution in [0.5, 0.6) is 0 Å². The van der Waals surface area contributed by atoms with Crippen molar-refractivity contribution < 1.29 is 29.0 Å². The van der Waals surface area contributed by atoms with Crippen molar-refractivity contribution in [3.05, 3.63) is 25.3 Å². The first-order chi connectivity index (χ1) is 15.5. The predicted octanol–water partition coefficient (Wildman–Crippen LogP) is 1.92. The molecule has 2 bridgehead atoms. The molecule has 0 aliphatic carbocycles. The Hall–Kier alpha value is -2.19. The zero-order valence-electron chi connectivity index (χ0n) is 20.5. The lowest BCUT2D eigenvalue weighted by atomic mass is 9.62. The van der Waals surface area contributed by atoms with Crippen molar-refractivity contribution in [3.63, 3.8) is 0 Å². The molecule has 2 amide bonds. The van der Waals surface area contributed by atoms with E-state index in [0.717, 1.165) is 0 Å². The SMILES string of the molecule is C=CCCOC(=O)[C@H]1[C@H]2C(=O)N([C@H](C)CO)C(C(=O)N(CC=C)C(C)C)C23CC(C)[C@]1(C)O3. The molecular formula is C25H38N2O6. The number of esters is 1. The third kappa shape index (κ3) is 3.71. The molecule has 3 aliphatic heterocycles. The van der Waals surface area contributed by atoms with E-state index in [2.05, 4.69) is 13.2 Å². The molecule has 0 aromatic heterocycles. The average molecular weight is 463 g/mol. The van der Waals surface area contributed by atoms with Crippen LogP contribution in [0.1, 0.15) is 47.5 Å². The summed E-state index contributed by atoms with van der Waals surface area (Å²) in [4.78, 5) is 44.2. The standard InChI is InChI=1S/C25H38N2O6/c1-8-10-12-32-23(31)19-18-21(29)27(17(6)14-28)20(22(30)26(11-9-2)15(3)4)25(18)13-16(5)24(19,7)33-25/h8-9,15-20,28H,1-2,10-14H2,3-7H3/t16?,17-,18+,19-,20?,24+,25?/m1/s1. The quantitative estimate of drug-likeness (QED) is 0.303. The van der Waals surface area contributed by atoms with Gasteiger partial charge < -0.3 is 24.4 Å². The van der Waals surface area contributed by atoms with Crippen LogP contribution in [0.4, 0.5) is 0 Å². The van der Waals surface area contributed by atoms with Crippen molar-refractivity contribution in [2.75, 3.05) is 19.8 Å². The van der Waals surface area contributed by atoms with Gasteiger partial charge in [-0.1, -0.05) is 19.1 Å². The molecule has 3 rings (SSSR count). The lowest BCUT2D eigenvalue weighted by molar-refractivity contribution is -0.163.